The molecule has 2 rings (SSSR count). The van der Waals surface area contributed by atoms with Crippen molar-refractivity contribution >= 4 is 5.91 Å². The lowest BCUT2D eigenvalue weighted by molar-refractivity contribution is 0.0953. The van der Waals surface area contributed by atoms with Crippen LogP contribution in [-0.2, 0) is 0 Å². The summed E-state index contributed by atoms with van der Waals surface area (Å²) in [7, 11) is 0. The number of aromatic nitrogens is 2. The molecule has 2 aromatic rings. The van der Waals surface area contributed by atoms with E-state index in [4.69, 9.17) is 0 Å². The van der Waals surface area contributed by atoms with Crippen LogP contribution in [0.3, 0.4) is 0 Å². The number of nitrogens with one attached hydrogen (secondary N) is 1. The molecule has 0 aliphatic rings. The summed E-state index contributed by atoms with van der Waals surface area (Å²) in [6.45, 7) is 2.89. The maximum atomic E-state index is 11.9. The van der Waals surface area contributed by atoms with Gasteiger partial charge in [0.25, 0.3) is 5.91 Å². The first-order valence-electron chi connectivity index (χ1n) is 6.69. The third kappa shape index (κ3) is 3.68. The predicted molar refractivity (Wildman–Crippen MR) is 75.4 cm³/mol. The van der Waals surface area contributed by atoms with Crippen molar-refractivity contribution in [3.05, 3.63) is 48.3 Å². The molecular formula is C15H19N3O. The molecule has 0 bridgehead atoms. The number of carbonyl (C=O) groups is 1. The molecular weight excluding hydrogens is 238 g/mol. The van der Waals surface area contributed by atoms with Gasteiger partial charge in [0.1, 0.15) is 0 Å². The van der Waals surface area contributed by atoms with Crippen LogP contribution in [-0.4, -0.2) is 22.2 Å². The van der Waals surface area contributed by atoms with Crippen LogP contribution in [0.2, 0.25) is 0 Å². The Bertz CT molecular complexity index is 503. The van der Waals surface area contributed by atoms with E-state index in [1.165, 1.54) is 0 Å². The molecule has 4 heteroatoms. The Kier molecular flexibility index (Phi) is 4.72. The number of unbranched alkanes of at least 4 members (excludes halogenated alkanes) is 2. The highest BCUT2D eigenvalue weighted by Crippen LogP contribution is 2.08. The quantitative estimate of drug-likeness (QED) is 0.809. The van der Waals surface area contributed by atoms with Gasteiger partial charge in [-0.15, -0.1) is 0 Å². The Hall–Kier alpha value is -2.10. The van der Waals surface area contributed by atoms with Crippen LogP contribution in [0.15, 0.2) is 42.7 Å². The predicted octanol–water partition coefficient (Wildman–Crippen LogP) is 2.79. The number of nitrogens with zero attached hydrogens (tertiary/aromatic N) is 2. The molecule has 1 amide bonds. The molecule has 0 saturated carbocycles. The van der Waals surface area contributed by atoms with Gasteiger partial charge in [-0.25, -0.2) is 4.68 Å². The average Bonchev–Trinajstić information content (AvgIpc) is 2.98. The van der Waals surface area contributed by atoms with Crippen molar-refractivity contribution in [3.63, 3.8) is 0 Å². The minimum Gasteiger partial charge on any atom is -0.352 e. The second kappa shape index (κ2) is 6.73. The summed E-state index contributed by atoms with van der Waals surface area (Å²) in [5, 5.41) is 7.07. The van der Waals surface area contributed by atoms with E-state index in [0.717, 1.165) is 31.5 Å². The van der Waals surface area contributed by atoms with Gasteiger partial charge in [-0.2, -0.15) is 5.10 Å². The van der Waals surface area contributed by atoms with Gasteiger partial charge in [0.2, 0.25) is 0 Å². The Morgan fingerprint density at radius 3 is 2.68 bits per heavy atom. The fraction of sp³-hybridized carbons (Fsp3) is 0.333. The van der Waals surface area contributed by atoms with Gasteiger partial charge in [-0.1, -0.05) is 19.8 Å². The fourth-order valence-electron chi connectivity index (χ4n) is 1.87. The van der Waals surface area contributed by atoms with Crippen LogP contribution in [0.1, 0.15) is 36.5 Å². The Balaban J connectivity index is 1.93. The average molecular weight is 257 g/mol. The molecule has 0 fully saturated rings. The molecule has 0 radical (unpaired) electrons. The largest absolute Gasteiger partial charge is 0.352 e. The lowest BCUT2D eigenvalue weighted by Crippen LogP contribution is -2.24. The SMILES string of the molecule is CCCCCNC(=O)c1ccc(-n2cccn2)cc1. The van der Waals surface area contributed by atoms with Gasteiger partial charge in [-0.3, -0.25) is 4.79 Å². The van der Waals surface area contributed by atoms with Gasteiger partial charge in [0.15, 0.2) is 0 Å². The van der Waals surface area contributed by atoms with Crippen molar-refractivity contribution in [2.45, 2.75) is 26.2 Å². The summed E-state index contributed by atoms with van der Waals surface area (Å²) >= 11 is 0. The summed E-state index contributed by atoms with van der Waals surface area (Å²) in [5.41, 5.74) is 1.64. The summed E-state index contributed by atoms with van der Waals surface area (Å²) in [6.07, 6.45) is 6.95. The minimum absolute atomic E-state index is 0.0110. The summed E-state index contributed by atoms with van der Waals surface area (Å²) in [6, 6.07) is 9.31. The van der Waals surface area contributed by atoms with Gasteiger partial charge in [0, 0.05) is 24.5 Å². The molecule has 0 spiro atoms. The van der Waals surface area contributed by atoms with E-state index in [2.05, 4.69) is 17.3 Å². The number of rotatable bonds is 6. The fourth-order valence-corrected chi connectivity index (χ4v) is 1.87. The molecule has 0 atom stereocenters. The molecule has 19 heavy (non-hydrogen) atoms. The molecule has 1 aromatic carbocycles. The maximum absolute atomic E-state index is 11.9. The first-order chi connectivity index (χ1) is 9.31. The Morgan fingerprint density at radius 2 is 2.05 bits per heavy atom. The van der Waals surface area contributed by atoms with Gasteiger partial charge < -0.3 is 5.32 Å². The van der Waals surface area contributed by atoms with Gasteiger partial charge in [-0.05, 0) is 36.8 Å². The van der Waals surface area contributed by atoms with Crippen LogP contribution < -0.4 is 5.32 Å². The maximum Gasteiger partial charge on any atom is 0.251 e. The third-order valence-electron chi connectivity index (χ3n) is 2.96. The first-order valence-corrected chi connectivity index (χ1v) is 6.69. The lowest BCUT2D eigenvalue weighted by atomic mass is 10.2. The highest BCUT2D eigenvalue weighted by atomic mass is 16.1. The van der Waals surface area contributed by atoms with E-state index < -0.39 is 0 Å². The monoisotopic (exact) mass is 257 g/mol. The van der Waals surface area contributed by atoms with Crippen LogP contribution in [0.5, 0.6) is 0 Å². The van der Waals surface area contributed by atoms with E-state index in [1.807, 2.05) is 36.5 Å². The second-order valence-corrected chi connectivity index (χ2v) is 4.46. The number of hydrogen-bond acceptors (Lipinski definition) is 2. The summed E-state index contributed by atoms with van der Waals surface area (Å²) in [5.74, 6) is -0.0110. The normalized spacial score (nSPS) is 10.4. The topological polar surface area (TPSA) is 46.9 Å². The Labute approximate surface area is 113 Å². The van der Waals surface area contributed by atoms with Crippen LogP contribution in [0, 0.1) is 0 Å². The van der Waals surface area contributed by atoms with E-state index in [1.54, 1.807) is 10.9 Å². The number of hydrogen-bond donors (Lipinski definition) is 1. The van der Waals surface area contributed by atoms with Crippen molar-refractivity contribution in [2.24, 2.45) is 0 Å². The summed E-state index contributed by atoms with van der Waals surface area (Å²) < 4.78 is 1.77. The van der Waals surface area contributed by atoms with E-state index in [9.17, 15) is 4.79 Å². The van der Waals surface area contributed by atoms with E-state index in [-0.39, 0.29) is 5.91 Å². The number of carbonyl (C=O) groups excluding carboxylic acids is 1. The highest BCUT2D eigenvalue weighted by molar-refractivity contribution is 5.94. The molecule has 100 valence electrons. The van der Waals surface area contributed by atoms with Gasteiger partial charge in [0.05, 0.1) is 5.69 Å². The number of amides is 1. The molecule has 0 aliphatic heterocycles. The molecule has 1 heterocycles. The third-order valence-corrected chi connectivity index (χ3v) is 2.96. The molecule has 4 nitrogen and oxygen atoms in total. The van der Waals surface area contributed by atoms with Crippen LogP contribution in [0.4, 0.5) is 0 Å². The molecule has 0 unspecified atom stereocenters. The van der Waals surface area contributed by atoms with Crippen LogP contribution >= 0.6 is 0 Å². The van der Waals surface area contributed by atoms with E-state index >= 15 is 0 Å². The second-order valence-electron chi connectivity index (χ2n) is 4.46. The zero-order valence-electron chi connectivity index (χ0n) is 11.2. The molecule has 0 aliphatic carbocycles. The standard InChI is InChI=1S/C15H19N3O/c1-2-3-4-10-16-15(19)13-6-8-14(9-7-13)18-12-5-11-17-18/h5-9,11-12H,2-4,10H2,1H3,(H,16,19). The van der Waals surface area contributed by atoms with Crippen molar-refractivity contribution in [2.75, 3.05) is 6.54 Å². The smallest absolute Gasteiger partial charge is 0.251 e. The summed E-state index contributed by atoms with van der Waals surface area (Å²) in [4.78, 5) is 11.9. The van der Waals surface area contributed by atoms with Crippen molar-refractivity contribution in [1.29, 1.82) is 0 Å². The zero-order valence-corrected chi connectivity index (χ0v) is 11.2. The zero-order chi connectivity index (χ0) is 13.5. The van der Waals surface area contributed by atoms with Crippen molar-refractivity contribution < 1.29 is 4.79 Å². The first kappa shape index (κ1) is 13.3. The van der Waals surface area contributed by atoms with Crippen LogP contribution in [0.25, 0.3) is 5.69 Å². The number of benzene rings is 1. The highest BCUT2D eigenvalue weighted by Gasteiger charge is 2.04. The lowest BCUT2D eigenvalue weighted by Gasteiger charge is -2.06. The molecule has 1 aromatic heterocycles. The molecule has 0 saturated heterocycles. The Morgan fingerprint density at radius 1 is 1.26 bits per heavy atom. The van der Waals surface area contributed by atoms with Gasteiger partial charge >= 0.3 is 0 Å². The minimum atomic E-state index is -0.0110. The molecule has 1 N–H and O–H groups in total. The van der Waals surface area contributed by atoms with Crippen molar-refractivity contribution in [3.8, 4) is 5.69 Å². The van der Waals surface area contributed by atoms with E-state index in [0.29, 0.717) is 5.56 Å². The van der Waals surface area contributed by atoms with Crippen molar-refractivity contribution in [1.82, 2.24) is 15.1 Å².